The maximum absolute atomic E-state index is 12.6. The molecule has 1 aliphatic rings. The van der Waals surface area contributed by atoms with Gasteiger partial charge in [0.25, 0.3) is 0 Å². The first kappa shape index (κ1) is 16.8. The number of carbonyl (C=O) groups is 1. The molecule has 3 heteroatoms. The van der Waals surface area contributed by atoms with E-state index in [9.17, 15) is 4.79 Å². The van der Waals surface area contributed by atoms with Crippen molar-refractivity contribution in [3.05, 3.63) is 77.4 Å². The fraction of sp³-hybridized carbons (Fsp3) is 0.286. The second kappa shape index (κ2) is 8.20. The van der Waals surface area contributed by atoms with Crippen LogP contribution in [0.3, 0.4) is 0 Å². The summed E-state index contributed by atoms with van der Waals surface area (Å²) in [4.78, 5) is 13.6. The van der Waals surface area contributed by atoms with E-state index in [-0.39, 0.29) is 11.9 Å². The number of aryl methyl sites for hydroxylation is 1. The molecule has 0 bridgehead atoms. The summed E-state index contributed by atoms with van der Waals surface area (Å²) >= 11 is 1.78. The van der Waals surface area contributed by atoms with E-state index in [4.69, 9.17) is 4.74 Å². The van der Waals surface area contributed by atoms with E-state index in [1.807, 2.05) is 31.2 Å². The van der Waals surface area contributed by atoms with Gasteiger partial charge in [-0.2, -0.15) is 0 Å². The molecule has 1 unspecified atom stereocenters. The van der Waals surface area contributed by atoms with E-state index in [1.165, 1.54) is 5.56 Å². The number of esters is 1. The van der Waals surface area contributed by atoms with Crippen molar-refractivity contribution in [3.63, 3.8) is 0 Å². The molecule has 0 amide bonds. The smallest absolute Gasteiger partial charge is 0.335 e. The number of ether oxygens (including phenoxy) is 1. The standard InChI is InChI=1S/C21H22O2S/c1-2-23-21(22)19-18(14-13-16-9-5-3-6-10-16)15-24-20(19)17-11-7-4-8-12-17/h3-12,18H,2,13-15H2,1H3. The second-order valence-corrected chi connectivity index (χ2v) is 6.89. The van der Waals surface area contributed by atoms with Crippen LogP contribution in [-0.2, 0) is 16.0 Å². The molecule has 2 nitrogen and oxygen atoms in total. The average molecular weight is 338 g/mol. The number of carbonyl (C=O) groups excluding carboxylic acids is 1. The molecule has 2 aromatic rings. The summed E-state index contributed by atoms with van der Waals surface area (Å²) in [5, 5.41) is 0. The van der Waals surface area contributed by atoms with Crippen LogP contribution in [0.1, 0.15) is 24.5 Å². The zero-order valence-corrected chi connectivity index (χ0v) is 14.7. The molecule has 2 aromatic carbocycles. The Hall–Kier alpha value is -2.00. The van der Waals surface area contributed by atoms with Crippen molar-refractivity contribution in [2.75, 3.05) is 12.4 Å². The van der Waals surface area contributed by atoms with Crippen molar-refractivity contribution in [3.8, 4) is 0 Å². The summed E-state index contributed by atoms with van der Waals surface area (Å²) in [5.74, 6) is 1.05. The third kappa shape index (κ3) is 3.90. The van der Waals surface area contributed by atoms with Gasteiger partial charge in [0.2, 0.25) is 0 Å². The van der Waals surface area contributed by atoms with E-state index in [2.05, 4.69) is 36.4 Å². The molecule has 0 aliphatic carbocycles. The Balaban J connectivity index is 1.83. The number of hydrogen-bond acceptors (Lipinski definition) is 3. The molecule has 1 aliphatic heterocycles. The van der Waals surface area contributed by atoms with Gasteiger partial charge in [-0.05, 0) is 30.9 Å². The van der Waals surface area contributed by atoms with E-state index in [0.717, 1.165) is 34.6 Å². The van der Waals surface area contributed by atoms with Crippen molar-refractivity contribution in [2.45, 2.75) is 19.8 Å². The van der Waals surface area contributed by atoms with Crippen molar-refractivity contribution < 1.29 is 9.53 Å². The number of thioether (sulfide) groups is 1. The summed E-state index contributed by atoms with van der Waals surface area (Å²) in [6.45, 7) is 2.28. The lowest BCUT2D eigenvalue weighted by Gasteiger charge is -2.14. The van der Waals surface area contributed by atoms with E-state index in [1.54, 1.807) is 11.8 Å². The predicted octanol–water partition coefficient (Wildman–Crippen LogP) is 4.96. The first-order valence-electron chi connectivity index (χ1n) is 8.43. The first-order valence-corrected chi connectivity index (χ1v) is 9.41. The Kier molecular flexibility index (Phi) is 5.76. The molecule has 124 valence electrons. The SMILES string of the molecule is CCOC(=O)C1=C(c2ccccc2)SCC1CCc1ccccc1. The Morgan fingerprint density at radius 2 is 1.75 bits per heavy atom. The maximum atomic E-state index is 12.6. The molecule has 0 fully saturated rings. The second-order valence-electron chi connectivity index (χ2n) is 5.86. The predicted molar refractivity (Wildman–Crippen MR) is 101 cm³/mol. The summed E-state index contributed by atoms with van der Waals surface area (Å²) in [6, 6.07) is 20.6. The molecule has 0 N–H and O–H groups in total. The quantitative estimate of drug-likeness (QED) is 0.697. The fourth-order valence-corrected chi connectivity index (χ4v) is 4.45. The van der Waals surface area contributed by atoms with Gasteiger partial charge < -0.3 is 4.74 Å². The highest BCUT2D eigenvalue weighted by molar-refractivity contribution is 8.08. The van der Waals surface area contributed by atoms with Gasteiger partial charge >= 0.3 is 5.97 Å². The molecular weight excluding hydrogens is 316 g/mol. The average Bonchev–Trinajstić information content (AvgIpc) is 3.06. The van der Waals surface area contributed by atoms with Crippen LogP contribution in [0, 0.1) is 5.92 Å². The van der Waals surface area contributed by atoms with Gasteiger partial charge in [0, 0.05) is 16.6 Å². The van der Waals surface area contributed by atoms with Crippen molar-refractivity contribution in [1.82, 2.24) is 0 Å². The highest BCUT2D eigenvalue weighted by Gasteiger charge is 2.32. The van der Waals surface area contributed by atoms with Gasteiger partial charge in [0.15, 0.2) is 0 Å². The number of rotatable bonds is 6. The van der Waals surface area contributed by atoms with Crippen LogP contribution >= 0.6 is 11.8 Å². The number of benzene rings is 2. The van der Waals surface area contributed by atoms with Crippen LogP contribution in [0.15, 0.2) is 66.2 Å². The molecule has 0 spiro atoms. The lowest BCUT2D eigenvalue weighted by molar-refractivity contribution is -0.138. The summed E-state index contributed by atoms with van der Waals surface area (Å²) in [7, 11) is 0. The Labute approximate surface area is 147 Å². The lowest BCUT2D eigenvalue weighted by atomic mass is 9.92. The molecule has 3 rings (SSSR count). The minimum Gasteiger partial charge on any atom is -0.463 e. The molecule has 1 heterocycles. The zero-order valence-electron chi connectivity index (χ0n) is 13.9. The molecule has 0 saturated carbocycles. The van der Waals surface area contributed by atoms with Crippen LogP contribution in [0.5, 0.6) is 0 Å². The van der Waals surface area contributed by atoms with Crippen LogP contribution in [0.4, 0.5) is 0 Å². The molecule has 0 aromatic heterocycles. The van der Waals surface area contributed by atoms with Crippen molar-refractivity contribution in [2.24, 2.45) is 5.92 Å². The molecular formula is C21H22O2S. The third-order valence-electron chi connectivity index (χ3n) is 4.24. The topological polar surface area (TPSA) is 26.3 Å². The molecule has 1 atom stereocenters. The largest absolute Gasteiger partial charge is 0.463 e. The minimum absolute atomic E-state index is 0.153. The van der Waals surface area contributed by atoms with Gasteiger partial charge in [0.05, 0.1) is 12.2 Å². The number of hydrogen-bond donors (Lipinski definition) is 0. The van der Waals surface area contributed by atoms with Gasteiger partial charge in [-0.1, -0.05) is 60.7 Å². The maximum Gasteiger partial charge on any atom is 0.335 e. The third-order valence-corrected chi connectivity index (χ3v) is 5.55. The van der Waals surface area contributed by atoms with Crippen molar-refractivity contribution >= 4 is 22.6 Å². The minimum atomic E-state index is -0.153. The Morgan fingerprint density at radius 3 is 2.42 bits per heavy atom. The van der Waals surface area contributed by atoms with E-state index < -0.39 is 0 Å². The zero-order chi connectivity index (χ0) is 16.8. The van der Waals surface area contributed by atoms with Crippen LogP contribution in [-0.4, -0.2) is 18.3 Å². The van der Waals surface area contributed by atoms with E-state index in [0.29, 0.717) is 6.61 Å². The normalized spacial score (nSPS) is 17.1. The molecule has 0 saturated heterocycles. The highest BCUT2D eigenvalue weighted by atomic mass is 32.2. The monoisotopic (exact) mass is 338 g/mol. The van der Waals surface area contributed by atoms with Gasteiger partial charge in [-0.3, -0.25) is 0 Å². The summed E-state index contributed by atoms with van der Waals surface area (Å²) < 4.78 is 5.35. The van der Waals surface area contributed by atoms with Gasteiger partial charge in [0.1, 0.15) is 0 Å². The van der Waals surface area contributed by atoms with Crippen LogP contribution < -0.4 is 0 Å². The summed E-state index contributed by atoms with van der Waals surface area (Å²) in [6.07, 6.45) is 1.96. The molecule has 24 heavy (non-hydrogen) atoms. The highest BCUT2D eigenvalue weighted by Crippen LogP contribution is 2.44. The fourth-order valence-electron chi connectivity index (χ4n) is 3.04. The lowest BCUT2D eigenvalue weighted by Crippen LogP contribution is -2.16. The first-order chi connectivity index (χ1) is 11.8. The van der Waals surface area contributed by atoms with Gasteiger partial charge in [-0.15, -0.1) is 11.8 Å². The van der Waals surface area contributed by atoms with Gasteiger partial charge in [-0.25, -0.2) is 4.79 Å². The van der Waals surface area contributed by atoms with Crippen molar-refractivity contribution in [1.29, 1.82) is 0 Å². The Bertz CT molecular complexity index is 707. The molecule has 0 radical (unpaired) electrons. The van der Waals surface area contributed by atoms with Crippen LogP contribution in [0.2, 0.25) is 0 Å². The summed E-state index contributed by atoms with van der Waals surface area (Å²) in [5.41, 5.74) is 3.30. The van der Waals surface area contributed by atoms with E-state index >= 15 is 0 Å². The Morgan fingerprint density at radius 1 is 1.08 bits per heavy atom. The van der Waals surface area contributed by atoms with Crippen LogP contribution in [0.25, 0.3) is 4.91 Å².